The molecule has 4 rings (SSSR count). The predicted molar refractivity (Wildman–Crippen MR) is 84.5 cm³/mol. The van der Waals surface area contributed by atoms with Gasteiger partial charge in [0, 0.05) is 38.5 Å². The molecule has 0 radical (unpaired) electrons. The van der Waals surface area contributed by atoms with Crippen LogP contribution < -0.4 is 0 Å². The van der Waals surface area contributed by atoms with Gasteiger partial charge < -0.3 is 9.47 Å². The minimum atomic E-state index is 0.0364. The zero-order valence-electron chi connectivity index (χ0n) is 13.2. The molecular formula is C18H26N2O2. The van der Waals surface area contributed by atoms with Crippen molar-refractivity contribution in [2.75, 3.05) is 26.3 Å². The summed E-state index contributed by atoms with van der Waals surface area (Å²) in [6.45, 7) is 4.91. The number of rotatable bonds is 5. The van der Waals surface area contributed by atoms with Gasteiger partial charge in [-0.2, -0.15) is 0 Å². The molecule has 0 bridgehead atoms. The Hall–Kier alpha value is -0.970. The molecule has 0 aromatic carbocycles. The van der Waals surface area contributed by atoms with Gasteiger partial charge in [-0.3, -0.25) is 9.88 Å². The van der Waals surface area contributed by atoms with Crippen molar-refractivity contribution in [3.05, 3.63) is 30.1 Å². The van der Waals surface area contributed by atoms with Crippen LogP contribution in [0.5, 0.6) is 0 Å². The zero-order valence-corrected chi connectivity index (χ0v) is 13.2. The highest BCUT2D eigenvalue weighted by molar-refractivity contribution is 5.09. The lowest BCUT2D eigenvalue weighted by atomic mass is 9.89. The summed E-state index contributed by atoms with van der Waals surface area (Å²) in [5, 5.41) is 0. The number of hydrogen-bond acceptors (Lipinski definition) is 4. The van der Waals surface area contributed by atoms with Crippen LogP contribution in [0.25, 0.3) is 0 Å². The molecule has 3 heterocycles. The molecule has 2 atom stereocenters. The molecule has 3 fully saturated rings. The minimum absolute atomic E-state index is 0.0364. The monoisotopic (exact) mass is 302 g/mol. The summed E-state index contributed by atoms with van der Waals surface area (Å²) in [7, 11) is 0. The van der Waals surface area contributed by atoms with E-state index in [0.29, 0.717) is 6.10 Å². The molecule has 3 aliphatic rings. The summed E-state index contributed by atoms with van der Waals surface area (Å²) in [4.78, 5) is 6.74. The van der Waals surface area contributed by atoms with Crippen molar-refractivity contribution in [3.8, 4) is 0 Å². The number of ether oxygens (including phenoxy) is 2. The molecule has 0 N–H and O–H groups in total. The second-order valence-corrected chi connectivity index (χ2v) is 7.27. The first-order chi connectivity index (χ1) is 10.8. The Morgan fingerprint density at radius 2 is 2.36 bits per heavy atom. The molecule has 1 saturated carbocycles. The highest BCUT2D eigenvalue weighted by atomic mass is 16.6. The van der Waals surface area contributed by atoms with Crippen molar-refractivity contribution in [2.45, 2.75) is 50.4 Å². The highest BCUT2D eigenvalue weighted by Gasteiger charge is 2.44. The van der Waals surface area contributed by atoms with Crippen LogP contribution in [-0.4, -0.2) is 47.9 Å². The normalized spacial score (nSPS) is 32.6. The molecule has 22 heavy (non-hydrogen) atoms. The smallest absolute Gasteiger partial charge is 0.0836 e. The van der Waals surface area contributed by atoms with Gasteiger partial charge in [0.25, 0.3) is 0 Å². The van der Waals surface area contributed by atoms with Crippen LogP contribution in [-0.2, 0) is 16.0 Å². The lowest BCUT2D eigenvalue weighted by Crippen LogP contribution is -2.47. The van der Waals surface area contributed by atoms with Crippen LogP contribution in [0.3, 0.4) is 0 Å². The van der Waals surface area contributed by atoms with E-state index in [0.717, 1.165) is 45.2 Å². The van der Waals surface area contributed by atoms with Crippen LogP contribution >= 0.6 is 0 Å². The van der Waals surface area contributed by atoms with E-state index in [1.165, 1.54) is 31.2 Å². The van der Waals surface area contributed by atoms with Gasteiger partial charge in [-0.1, -0.05) is 6.07 Å². The summed E-state index contributed by atoms with van der Waals surface area (Å²) in [5.74, 6) is 0.838. The Labute approximate surface area is 132 Å². The standard InChI is InChI=1S/C18H26N2O2/c1-3-16(10-19-7-1)11-20-8-2-6-18(14-20)9-17(13-22-18)21-12-15-4-5-15/h1,3,7,10,15,17H,2,4-6,8-9,11-14H2. The summed E-state index contributed by atoms with van der Waals surface area (Å²) >= 11 is 0. The Morgan fingerprint density at radius 3 is 3.18 bits per heavy atom. The van der Waals surface area contributed by atoms with E-state index >= 15 is 0 Å². The largest absolute Gasteiger partial charge is 0.375 e. The number of hydrogen-bond donors (Lipinski definition) is 0. The molecule has 2 unspecified atom stereocenters. The van der Waals surface area contributed by atoms with Gasteiger partial charge in [-0.25, -0.2) is 0 Å². The second kappa shape index (κ2) is 6.26. The van der Waals surface area contributed by atoms with Crippen molar-refractivity contribution in [1.29, 1.82) is 0 Å². The Kier molecular flexibility index (Phi) is 4.16. The fourth-order valence-corrected chi connectivity index (χ4v) is 3.83. The fourth-order valence-electron chi connectivity index (χ4n) is 3.83. The SMILES string of the molecule is c1cncc(CN2CCCC3(CC(OCC4CC4)CO3)C2)c1. The predicted octanol–water partition coefficient (Wildman–Crippen LogP) is 2.63. The average molecular weight is 302 g/mol. The molecule has 0 amide bonds. The summed E-state index contributed by atoms with van der Waals surface area (Å²) in [5.41, 5.74) is 1.33. The fraction of sp³-hybridized carbons (Fsp3) is 0.722. The van der Waals surface area contributed by atoms with Gasteiger partial charge in [-0.05, 0) is 49.8 Å². The number of aromatic nitrogens is 1. The van der Waals surface area contributed by atoms with Gasteiger partial charge in [-0.15, -0.1) is 0 Å². The van der Waals surface area contributed by atoms with Crippen molar-refractivity contribution in [3.63, 3.8) is 0 Å². The lowest BCUT2D eigenvalue weighted by molar-refractivity contribution is -0.0547. The summed E-state index contributed by atoms with van der Waals surface area (Å²) in [6.07, 6.45) is 10.3. The highest BCUT2D eigenvalue weighted by Crippen LogP contribution is 2.37. The maximum atomic E-state index is 6.23. The topological polar surface area (TPSA) is 34.6 Å². The molecule has 2 aliphatic heterocycles. The van der Waals surface area contributed by atoms with E-state index < -0.39 is 0 Å². The van der Waals surface area contributed by atoms with E-state index in [-0.39, 0.29) is 5.60 Å². The minimum Gasteiger partial charge on any atom is -0.375 e. The molecule has 1 aromatic rings. The van der Waals surface area contributed by atoms with Crippen LogP contribution in [0.4, 0.5) is 0 Å². The molecule has 1 spiro atoms. The maximum Gasteiger partial charge on any atom is 0.0836 e. The van der Waals surface area contributed by atoms with E-state index in [1.807, 2.05) is 18.5 Å². The first-order valence-electron chi connectivity index (χ1n) is 8.68. The van der Waals surface area contributed by atoms with E-state index in [9.17, 15) is 0 Å². The Morgan fingerprint density at radius 1 is 1.41 bits per heavy atom. The van der Waals surface area contributed by atoms with Gasteiger partial charge in [0.05, 0.1) is 18.3 Å². The van der Waals surface area contributed by atoms with Gasteiger partial charge in [0.2, 0.25) is 0 Å². The zero-order chi connectivity index (χ0) is 14.8. The third-order valence-corrected chi connectivity index (χ3v) is 5.19. The average Bonchev–Trinajstić information content (AvgIpc) is 3.29. The third kappa shape index (κ3) is 3.50. The number of likely N-dealkylation sites (tertiary alicyclic amines) is 1. The lowest BCUT2D eigenvalue weighted by Gasteiger charge is -2.39. The van der Waals surface area contributed by atoms with Crippen molar-refractivity contribution < 1.29 is 9.47 Å². The first kappa shape index (κ1) is 14.6. The van der Waals surface area contributed by atoms with Gasteiger partial charge in [0.15, 0.2) is 0 Å². The van der Waals surface area contributed by atoms with E-state index in [1.54, 1.807) is 0 Å². The van der Waals surface area contributed by atoms with Gasteiger partial charge >= 0.3 is 0 Å². The molecule has 4 nitrogen and oxygen atoms in total. The third-order valence-electron chi connectivity index (χ3n) is 5.19. The number of piperidine rings is 1. The molecular weight excluding hydrogens is 276 g/mol. The van der Waals surface area contributed by atoms with Crippen molar-refractivity contribution in [2.24, 2.45) is 5.92 Å². The van der Waals surface area contributed by atoms with Crippen LogP contribution in [0, 0.1) is 5.92 Å². The molecule has 4 heteroatoms. The summed E-state index contributed by atoms with van der Waals surface area (Å²) in [6, 6.07) is 4.17. The molecule has 2 saturated heterocycles. The van der Waals surface area contributed by atoms with Crippen LogP contribution in [0.2, 0.25) is 0 Å². The maximum absolute atomic E-state index is 6.23. The second-order valence-electron chi connectivity index (χ2n) is 7.27. The van der Waals surface area contributed by atoms with Gasteiger partial charge in [0.1, 0.15) is 0 Å². The first-order valence-corrected chi connectivity index (χ1v) is 8.68. The number of nitrogens with zero attached hydrogens (tertiary/aromatic N) is 2. The Balaban J connectivity index is 1.32. The van der Waals surface area contributed by atoms with Crippen LogP contribution in [0.1, 0.15) is 37.7 Å². The molecule has 1 aromatic heterocycles. The van der Waals surface area contributed by atoms with Crippen molar-refractivity contribution in [1.82, 2.24) is 9.88 Å². The quantitative estimate of drug-likeness (QED) is 0.837. The number of pyridine rings is 1. The van der Waals surface area contributed by atoms with Crippen LogP contribution in [0.15, 0.2) is 24.5 Å². The molecule has 1 aliphatic carbocycles. The summed E-state index contributed by atoms with van der Waals surface area (Å²) < 4.78 is 12.3. The molecule has 120 valence electrons. The van der Waals surface area contributed by atoms with Crippen molar-refractivity contribution >= 4 is 0 Å². The van der Waals surface area contributed by atoms with E-state index in [2.05, 4.69) is 16.0 Å². The van der Waals surface area contributed by atoms with E-state index in [4.69, 9.17) is 9.47 Å². The Bertz CT molecular complexity index is 491.